The van der Waals surface area contributed by atoms with Crippen molar-refractivity contribution in [3.8, 4) is 16.9 Å². The monoisotopic (exact) mass is 407 g/mol. The minimum atomic E-state index is -0.477. The molecule has 0 saturated carbocycles. The Balaban J connectivity index is 1.66. The highest BCUT2D eigenvalue weighted by atomic mass is 32.2. The topological polar surface area (TPSA) is 86.5 Å². The highest BCUT2D eigenvalue weighted by Gasteiger charge is 2.11. The number of hydrogen-bond donors (Lipinski definition) is 0. The zero-order valence-corrected chi connectivity index (χ0v) is 16.3. The standard InChI is InChI=1S/C22H17NO5S/c1-2-21(24)28-19-11-7-16(8-12-19)15-3-5-17(6-4-15)22(25)29-20-13-9-18(10-14-20)23(26)27/h3-14H,2H2,1H3. The number of nitro groups is 1. The number of carbonyl (C=O) groups excluding carboxylic acids is 2. The van der Waals surface area contributed by atoms with Gasteiger partial charge in [0.05, 0.1) is 4.92 Å². The summed E-state index contributed by atoms with van der Waals surface area (Å²) < 4.78 is 5.16. The van der Waals surface area contributed by atoms with Gasteiger partial charge in [0.2, 0.25) is 5.12 Å². The molecule has 0 aliphatic carbocycles. The smallest absolute Gasteiger partial charge is 0.310 e. The van der Waals surface area contributed by atoms with E-state index in [0.717, 1.165) is 22.9 Å². The van der Waals surface area contributed by atoms with Gasteiger partial charge in [0, 0.05) is 29.0 Å². The summed E-state index contributed by atoms with van der Waals surface area (Å²) in [6.45, 7) is 1.74. The number of thioether (sulfide) groups is 1. The van der Waals surface area contributed by atoms with Gasteiger partial charge >= 0.3 is 5.97 Å². The van der Waals surface area contributed by atoms with Crippen LogP contribution in [0.25, 0.3) is 11.1 Å². The Morgan fingerprint density at radius 3 is 1.97 bits per heavy atom. The van der Waals surface area contributed by atoms with Crippen LogP contribution in [0.2, 0.25) is 0 Å². The summed E-state index contributed by atoms with van der Waals surface area (Å²) in [4.78, 5) is 34.6. The molecule has 0 fully saturated rings. The molecule has 3 rings (SSSR count). The molecule has 0 N–H and O–H groups in total. The molecule has 29 heavy (non-hydrogen) atoms. The van der Waals surface area contributed by atoms with Gasteiger partial charge in [-0.05, 0) is 59.3 Å². The van der Waals surface area contributed by atoms with E-state index in [1.807, 2.05) is 24.3 Å². The first kappa shape index (κ1) is 20.3. The van der Waals surface area contributed by atoms with Crippen LogP contribution >= 0.6 is 11.8 Å². The molecule has 0 aliphatic heterocycles. The maximum Gasteiger partial charge on any atom is 0.310 e. The summed E-state index contributed by atoms with van der Waals surface area (Å²) in [5, 5.41) is 10.5. The van der Waals surface area contributed by atoms with E-state index < -0.39 is 4.92 Å². The fourth-order valence-electron chi connectivity index (χ4n) is 2.52. The molecule has 0 heterocycles. The Morgan fingerprint density at radius 2 is 1.45 bits per heavy atom. The Bertz CT molecular complexity index is 1030. The van der Waals surface area contributed by atoms with E-state index in [1.54, 1.807) is 43.3 Å². The van der Waals surface area contributed by atoms with E-state index in [-0.39, 0.29) is 16.8 Å². The molecule has 0 unspecified atom stereocenters. The number of carbonyl (C=O) groups is 2. The Kier molecular flexibility index (Phi) is 6.41. The van der Waals surface area contributed by atoms with Gasteiger partial charge in [0.15, 0.2) is 0 Å². The molecule has 6 nitrogen and oxygen atoms in total. The first-order valence-corrected chi connectivity index (χ1v) is 9.65. The summed E-state index contributed by atoms with van der Waals surface area (Å²) in [6, 6.07) is 20.2. The second-order valence-electron chi connectivity index (χ2n) is 6.07. The number of non-ortho nitro benzene ring substituents is 1. The molecule has 0 saturated heterocycles. The predicted molar refractivity (Wildman–Crippen MR) is 111 cm³/mol. The molecule has 0 bridgehead atoms. The Labute approximate surface area is 171 Å². The van der Waals surface area contributed by atoms with Crippen molar-refractivity contribution >= 4 is 28.5 Å². The van der Waals surface area contributed by atoms with Crippen molar-refractivity contribution in [2.45, 2.75) is 18.2 Å². The summed E-state index contributed by atoms with van der Waals surface area (Å²) >= 11 is 1.02. The zero-order valence-electron chi connectivity index (χ0n) is 15.5. The van der Waals surface area contributed by atoms with Gasteiger partial charge in [-0.1, -0.05) is 31.2 Å². The fraction of sp³-hybridized carbons (Fsp3) is 0.0909. The van der Waals surface area contributed by atoms with Gasteiger partial charge in [-0.2, -0.15) is 0 Å². The molecule has 0 spiro atoms. The molecule has 146 valence electrons. The summed E-state index contributed by atoms with van der Waals surface area (Å²) in [6.07, 6.45) is 0.315. The minimum Gasteiger partial charge on any atom is -0.427 e. The van der Waals surface area contributed by atoms with Gasteiger partial charge in [0.25, 0.3) is 5.69 Å². The SMILES string of the molecule is CCC(=O)Oc1ccc(-c2ccc(C(=O)Sc3ccc([N+](=O)[O-])cc3)cc2)cc1. The molecule has 0 atom stereocenters. The summed E-state index contributed by atoms with van der Waals surface area (Å²) in [7, 11) is 0. The second-order valence-corrected chi connectivity index (χ2v) is 7.12. The molecule has 0 amide bonds. The van der Waals surface area contributed by atoms with Crippen LogP contribution in [0.3, 0.4) is 0 Å². The highest BCUT2D eigenvalue weighted by molar-refractivity contribution is 8.14. The van der Waals surface area contributed by atoms with Crippen LogP contribution in [-0.2, 0) is 4.79 Å². The van der Waals surface area contributed by atoms with Crippen molar-refractivity contribution in [1.82, 2.24) is 0 Å². The van der Waals surface area contributed by atoms with Crippen LogP contribution < -0.4 is 4.74 Å². The maximum atomic E-state index is 12.4. The van der Waals surface area contributed by atoms with Crippen molar-refractivity contribution in [3.63, 3.8) is 0 Å². The van der Waals surface area contributed by atoms with Gasteiger partial charge < -0.3 is 4.74 Å². The average molecular weight is 407 g/mol. The van der Waals surface area contributed by atoms with Crippen LogP contribution in [0.1, 0.15) is 23.7 Å². The number of ether oxygens (including phenoxy) is 1. The van der Waals surface area contributed by atoms with E-state index in [1.165, 1.54) is 12.1 Å². The van der Waals surface area contributed by atoms with Crippen LogP contribution in [0.4, 0.5) is 5.69 Å². The summed E-state index contributed by atoms with van der Waals surface area (Å²) in [5.74, 6) is 0.207. The van der Waals surface area contributed by atoms with Gasteiger partial charge in [-0.15, -0.1) is 0 Å². The molecular weight excluding hydrogens is 390 g/mol. The number of benzene rings is 3. The third kappa shape index (κ3) is 5.30. The third-order valence-electron chi connectivity index (χ3n) is 4.09. The van der Waals surface area contributed by atoms with Crippen molar-refractivity contribution in [3.05, 3.63) is 88.5 Å². The van der Waals surface area contributed by atoms with Crippen LogP contribution in [-0.4, -0.2) is 16.0 Å². The number of esters is 1. The van der Waals surface area contributed by atoms with E-state index in [2.05, 4.69) is 0 Å². The predicted octanol–water partition coefficient (Wildman–Crippen LogP) is 5.51. The largest absolute Gasteiger partial charge is 0.427 e. The van der Waals surface area contributed by atoms with Crippen molar-refractivity contribution in [1.29, 1.82) is 0 Å². The van der Waals surface area contributed by atoms with Crippen LogP contribution in [0.15, 0.2) is 77.7 Å². The van der Waals surface area contributed by atoms with Gasteiger partial charge in [-0.3, -0.25) is 19.7 Å². The minimum absolute atomic E-state index is 0.0124. The van der Waals surface area contributed by atoms with Crippen LogP contribution in [0.5, 0.6) is 5.75 Å². The van der Waals surface area contributed by atoms with E-state index in [0.29, 0.717) is 22.6 Å². The van der Waals surface area contributed by atoms with Crippen molar-refractivity contribution < 1.29 is 19.2 Å². The zero-order chi connectivity index (χ0) is 20.8. The first-order chi connectivity index (χ1) is 14.0. The van der Waals surface area contributed by atoms with Gasteiger partial charge in [0.1, 0.15) is 5.75 Å². The number of nitrogens with zero attached hydrogens (tertiary/aromatic N) is 1. The van der Waals surface area contributed by atoms with E-state index in [4.69, 9.17) is 4.74 Å². The molecule has 3 aromatic carbocycles. The quantitative estimate of drug-likeness (QED) is 0.176. The number of rotatable bonds is 6. The average Bonchev–Trinajstić information content (AvgIpc) is 2.74. The lowest BCUT2D eigenvalue weighted by molar-refractivity contribution is -0.384. The second kappa shape index (κ2) is 9.16. The third-order valence-corrected chi connectivity index (χ3v) is 5.02. The van der Waals surface area contributed by atoms with Crippen molar-refractivity contribution in [2.24, 2.45) is 0 Å². The number of hydrogen-bond acceptors (Lipinski definition) is 6. The van der Waals surface area contributed by atoms with E-state index in [9.17, 15) is 19.7 Å². The van der Waals surface area contributed by atoms with Gasteiger partial charge in [-0.25, -0.2) is 0 Å². The highest BCUT2D eigenvalue weighted by Crippen LogP contribution is 2.27. The normalized spacial score (nSPS) is 10.4. The van der Waals surface area contributed by atoms with Crippen molar-refractivity contribution in [2.75, 3.05) is 0 Å². The lowest BCUT2D eigenvalue weighted by Crippen LogP contribution is -2.05. The summed E-state index contributed by atoms with van der Waals surface area (Å²) in [5.41, 5.74) is 2.38. The molecule has 0 radical (unpaired) electrons. The van der Waals surface area contributed by atoms with E-state index >= 15 is 0 Å². The fourth-order valence-corrected chi connectivity index (χ4v) is 3.26. The lowest BCUT2D eigenvalue weighted by atomic mass is 10.0. The Hall–Kier alpha value is -3.45. The molecule has 0 aliphatic rings. The number of nitro benzene ring substituents is 1. The maximum absolute atomic E-state index is 12.4. The molecule has 3 aromatic rings. The van der Waals surface area contributed by atoms with Crippen LogP contribution in [0, 0.1) is 10.1 Å². The molecule has 0 aromatic heterocycles. The Morgan fingerprint density at radius 1 is 0.897 bits per heavy atom. The first-order valence-electron chi connectivity index (χ1n) is 8.84. The lowest BCUT2D eigenvalue weighted by Gasteiger charge is -2.06. The molecule has 7 heteroatoms. The molecular formula is C22H17NO5S.